The first-order chi connectivity index (χ1) is 8.24. The van der Waals surface area contributed by atoms with Gasteiger partial charge in [0.05, 0.1) is 11.9 Å². The fourth-order valence-corrected chi connectivity index (χ4v) is 1.42. The summed E-state index contributed by atoms with van der Waals surface area (Å²) in [5, 5.41) is 6.95. The number of rotatable bonds is 1. The zero-order valence-electron chi connectivity index (χ0n) is 8.26. The Balaban J connectivity index is 2.22. The van der Waals surface area contributed by atoms with Gasteiger partial charge in [0.2, 0.25) is 11.3 Å². The molecule has 0 fully saturated rings. The van der Waals surface area contributed by atoms with Crippen LogP contribution < -0.4 is 0 Å². The summed E-state index contributed by atoms with van der Waals surface area (Å²) in [6, 6.07) is 3.10. The number of halogens is 2. The van der Waals surface area contributed by atoms with Crippen molar-refractivity contribution in [2.24, 2.45) is 0 Å². The second-order valence-electron chi connectivity index (χ2n) is 3.29. The maximum absolute atomic E-state index is 13.5. The monoisotopic (exact) mass is 234 g/mol. The Bertz CT molecular complexity index is 698. The van der Waals surface area contributed by atoms with Crippen LogP contribution in [-0.4, -0.2) is 20.3 Å². The highest BCUT2D eigenvalue weighted by Gasteiger charge is 2.11. The van der Waals surface area contributed by atoms with E-state index in [1.54, 1.807) is 0 Å². The van der Waals surface area contributed by atoms with Gasteiger partial charge in [-0.15, -0.1) is 0 Å². The van der Waals surface area contributed by atoms with Crippen molar-refractivity contribution < 1.29 is 13.4 Å². The molecule has 0 aliphatic carbocycles. The lowest BCUT2D eigenvalue weighted by molar-refractivity contribution is 0.314. The summed E-state index contributed by atoms with van der Waals surface area (Å²) in [7, 11) is 0. The molecular weight excluding hydrogens is 230 g/mol. The van der Waals surface area contributed by atoms with Crippen LogP contribution in [0.5, 0.6) is 0 Å². The molecule has 2 heterocycles. The number of benzene rings is 1. The van der Waals surface area contributed by atoms with Crippen LogP contribution >= 0.6 is 0 Å². The van der Waals surface area contributed by atoms with Gasteiger partial charge in [-0.05, 0) is 28.5 Å². The molecule has 0 spiro atoms. The Labute approximate surface area is 93.1 Å². The first-order valence-electron chi connectivity index (χ1n) is 4.65. The van der Waals surface area contributed by atoms with Crippen molar-refractivity contribution in [1.29, 1.82) is 0 Å². The molecule has 0 radical (unpaired) electrons. The zero-order valence-corrected chi connectivity index (χ0v) is 8.26. The molecular formula is C10H4F2N4O. The molecule has 0 saturated carbocycles. The fourth-order valence-electron chi connectivity index (χ4n) is 1.42. The van der Waals surface area contributed by atoms with Crippen LogP contribution in [0.2, 0.25) is 0 Å². The van der Waals surface area contributed by atoms with Crippen LogP contribution in [0.3, 0.4) is 0 Å². The van der Waals surface area contributed by atoms with Crippen LogP contribution in [0.15, 0.2) is 29.0 Å². The van der Waals surface area contributed by atoms with Crippen LogP contribution in [0.4, 0.5) is 8.78 Å². The molecule has 3 aromatic rings. The summed E-state index contributed by atoms with van der Waals surface area (Å²) in [4.78, 5) is 7.84. The minimum Gasteiger partial charge on any atom is -0.240 e. The van der Waals surface area contributed by atoms with Crippen LogP contribution in [0.1, 0.15) is 0 Å². The van der Waals surface area contributed by atoms with Crippen molar-refractivity contribution >= 4 is 11.3 Å². The molecule has 0 amide bonds. The van der Waals surface area contributed by atoms with Gasteiger partial charge in [0.1, 0.15) is 11.6 Å². The van der Waals surface area contributed by atoms with Gasteiger partial charge in [0.15, 0.2) is 0 Å². The van der Waals surface area contributed by atoms with E-state index in [0.717, 1.165) is 18.2 Å². The molecule has 3 rings (SSSR count). The van der Waals surface area contributed by atoms with Crippen molar-refractivity contribution in [3.05, 3.63) is 36.0 Å². The topological polar surface area (TPSA) is 64.7 Å². The maximum Gasteiger partial charge on any atom is 0.243 e. The van der Waals surface area contributed by atoms with Crippen LogP contribution in [-0.2, 0) is 0 Å². The van der Waals surface area contributed by atoms with E-state index < -0.39 is 11.6 Å². The average molecular weight is 234 g/mol. The lowest BCUT2D eigenvalue weighted by Crippen LogP contribution is -1.92. The SMILES string of the molecule is Fc1ccc(F)c(-c2cnc3nonc3n2)c1. The van der Waals surface area contributed by atoms with Crippen molar-refractivity contribution in [2.75, 3.05) is 0 Å². The number of aromatic nitrogens is 4. The number of hydrogen-bond acceptors (Lipinski definition) is 5. The minimum atomic E-state index is -0.587. The highest BCUT2D eigenvalue weighted by molar-refractivity contribution is 5.69. The molecule has 0 aliphatic rings. The third-order valence-electron chi connectivity index (χ3n) is 2.19. The van der Waals surface area contributed by atoms with E-state index in [4.69, 9.17) is 0 Å². The summed E-state index contributed by atoms with van der Waals surface area (Å²) in [5.41, 5.74) is 0.546. The van der Waals surface area contributed by atoms with Crippen molar-refractivity contribution in [2.45, 2.75) is 0 Å². The summed E-state index contributed by atoms with van der Waals surface area (Å²) in [6.07, 6.45) is 1.28. The third-order valence-corrected chi connectivity index (χ3v) is 2.19. The van der Waals surface area contributed by atoms with E-state index in [1.807, 2.05) is 0 Å². The number of hydrogen-bond donors (Lipinski definition) is 0. The van der Waals surface area contributed by atoms with E-state index >= 15 is 0 Å². The summed E-state index contributed by atoms with van der Waals surface area (Å²) < 4.78 is 30.9. The molecule has 0 unspecified atom stereocenters. The summed E-state index contributed by atoms with van der Waals surface area (Å²) >= 11 is 0. The van der Waals surface area contributed by atoms with Gasteiger partial charge >= 0.3 is 0 Å². The Morgan fingerprint density at radius 2 is 1.88 bits per heavy atom. The van der Waals surface area contributed by atoms with Gasteiger partial charge in [-0.1, -0.05) is 0 Å². The van der Waals surface area contributed by atoms with Gasteiger partial charge in [-0.2, -0.15) is 0 Å². The predicted octanol–water partition coefficient (Wildman–Crippen LogP) is 1.96. The Hall–Kier alpha value is -2.44. The van der Waals surface area contributed by atoms with E-state index in [9.17, 15) is 8.78 Å². The van der Waals surface area contributed by atoms with Crippen molar-refractivity contribution in [3.8, 4) is 11.3 Å². The lowest BCUT2D eigenvalue weighted by atomic mass is 10.1. The first kappa shape index (κ1) is 9.76. The summed E-state index contributed by atoms with van der Waals surface area (Å²) in [6.45, 7) is 0. The Morgan fingerprint density at radius 3 is 2.76 bits per heavy atom. The number of nitrogens with zero attached hydrogens (tertiary/aromatic N) is 4. The lowest BCUT2D eigenvalue weighted by Gasteiger charge is -2.01. The second-order valence-corrected chi connectivity index (χ2v) is 3.29. The molecule has 2 aromatic heterocycles. The number of fused-ring (bicyclic) bond motifs is 1. The average Bonchev–Trinajstić information content (AvgIpc) is 2.79. The third kappa shape index (κ3) is 1.61. The molecule has 0 atom stereocenters. The predicted molar refractivity (Wildman–Crippen MR) is 52.7 cm³/mol. The largest absolute Gasteiger partial charge is 0.243 e. The zero-order chi connectivity index (χ0) is 11.8. The van der Waals surface area contributed by atoms with E-state index in [-0.39, 0.29) is 22.6 Å². The molecule has 17 heavy (non-hydrogen) atoms. The molecule has 0 saturated heterocycles. The molecule has 0 aliphatic heterocycles. The fraction of sp³-hybridized carbons (Fsp3) is 0. The molecule has 1 aromatic carbocycles. The smallest absolute Gasteiger partial charge is 0.240 e. The van der Waals surface area contributed by atoms with Gasteiger partial charge < -0.3 is 0 Å². The minimum absolute atomic E-state index is 0.0161. The normalized spacial score (nSPS) is 10.9. The standard InChI is InChI=1S/C10H4F2N4O/c11-5-1-2-7(12)6(3-5)8-4-13-9-10(14-8)16-17-15-9/h1-4H. The molecule has 5 nitrogen and oxygen atoms in total. The van der Waals surface area contributed by atoms with Crippen molar-refractivity contribution in [1.82, 2.24) is 20.3 Å². The van der Waals surface area contributed by atoms with Gasteiger partial charge in [-0.3, -0.25) is 0 Å². The maximum atomic E-state index is 13.5. The molecule has 0 N–H and O–H groups in total. The quantitative estimate of drug-likeness (QED) is 0.643. The molecule has 84 valence electrons. The highest BCUT2D eigenvalue weighted by atomic mass is 19.1. The van der Waals surface area contributed by atoms with Gasteiger partial charge in [-0.25, -0.2) is 23.4 Å². The van der Waals surface area contributed by atoms with Crippen LogP contribution in [0.25, 0.3) is 22.6 Å². The van der Waals surface area contributed by atoms with Crippen molar-refractivity contribution in [3.63, 3.8) is 0 Å². The first-order valence-corrected chi connectivity index (χ1v) is 4.65. The Kier molecular flexibility index (Phi) is 2.04. The molecule has 7 heteroatoms. The van der Waals surface area contributed by atoms with E-state index in [2.05, 4.69) is 24.9 Å². The van der Waals surface area contributed by atoms with Gasteiger partial charge in [0.25, 0.3) is 0 Å². The second kappa shape index (κ2) is 3.55. The van der Waals surface area contributed by atoms with E-state index in [1.165, 1.54) is 6.20 Å². The Morgan fingerprint density at radius 1 is 1.06 bits per heavy atom. The van der Waals surface area contributed by atoms with Gasteiger partial charge in [0, 0.05) is 5.56 Å². The van der Waals surface area contributed by atoms with E-state index in [0.29, 0.717) is 0 Å². The summed E-state index contributed by atoms with van der Waals surface area (Å²) in [5.74, 6) is -1.14. The molecule has 0 bridgehead atoms. The highest BCUT2D eigenvalue weighted by Crippen LogP contribution is 2.22. The van der Waals surface area contributed by atoms with Crippen LogP contribution in [0, 0.1) is 11.6 Å².